The van der Waals surface area contributed by atoms with Crippen LogP contribution in [-0.2, 0) is 0 Å². The summed E-state index contributed by atoms with van der Waals surface area (Å²) in [5.74, 6) is 1.85. The van der Waals surface area contributed by atoms with Crippen LogP contribution in [0.25, 0.3) is 0 Å². The predicted molar refractivity (Wildman–Crippen MR) is 67.9 cm³/mol. The lowest BCUT2D eigenvalue weighted by atomic mass is 9.85. The number of hydrogen-bond acceptors (Lipinski definition) is 2. The first-order valence-electron chi connectivity index (χ1n) is 5.80. The molecule has 0 radical (unpaired) electrons. The van der Waals surface area contributed by atoms with E-state index in [1.54, 1.807) is 5.57 Å². The lowest BCUT2D eigenvalue weighted by Gasteiger charge is -2.30. The molecular formula is C13H21NS. The van der Waals surface area contributed by atoms with Gasteiger partial charge < -0.3 is 0 Å². The molecule has 1 rings (SSSR count). The number of nitrogens with zero attached hydrogens (tertiary/aromatic N) is 1. The normalized spacial score (nSPS) is 26.1. The quantitative estimate of drug-likeness (QED) is 0.530. The van der Waals surface area contributed by atoms with Gasteiger partial charge in [-0.1, -0.05) is 18.1 Å². The molecular weight excluding hydrogens is 202 g/mol. The van der Waals surface area contributed by atoms with Crippen molar-refractivity contribution in [2.45, 2.75) is 51.7 Å². The Morgan fingerprint density at radius 2 is 2.27 bits per heavy atom. The van der Waals surface area contributed by atoms with Crippen molar-refractivity contribution < 1.29 is 0 Å². The molecule has 0 N–H and O–H groups in total. The highest BCUT2D eigenvalue weighted by molar-refractivity contribution is 8.00. The zero-order chi connectivity index (χ0) is 11.3. The van der Waals surface area contributed by atoms with E-state index >= 15 is 0 Å². The number of rotatable bonds is 3. The average Bonchev–Trinajstić information content (AvgIpc) is 2.18. The maximum absolute atomic E-state index is 8.55. The van der Waals surface area contributed by atoms with Crippen LogP contribution in [0, 0.1) is 17.2 Å². The second-order valence-electron chi connectivity index (χ2n) is 4.67. The molecule has 0 aromatic heterocycles. The van der Waals surface area contributed by atoms with Crippen molar-refractivity contribution in [3.05, 3.63) is 11.1 Å². The SMILES string of the molecule is CC(C)=C1CCC(C)CC1SCCC#N. The van der Waals surface area contributed by atoms with Gasteiger partial charge in [-0.2, -0.15) is 17.0 Å². The number of allylic oxidation sites excluding steroid dienone is 1. The summed E-state index contributed by atoms with van der Waals surface area (Å²) >= 11 is 1.98. The topological polar surface area (TPSA) is 23.8 Å². The summed E-state index contributed by atoms with van der Waals surface area (Å²) in [6.45, 7) is 6.80. The molecule has 1 fully saturated rings. The van der Waals surface area contributed by atoms with Crippen LogP contribution in [-0.4, -0.2) is 11.0 Å². The minimum Gasteiger partial charge on any atom is -0.198 e. The Hall–Kier alpha value is -0.420. The van der Waals surface area contributed by atoms with E-state index in [0.29, 0.717) is 11.7 Å². The number of thioether (sulfide) groups is 1. The highest BCUT2D eigenvalue weighted by Crippen LogP contribution is 2.37. The molecule has 2 heteroatoms. The van der Waals surface area contributed by atoms with Crippen LogP contribution in [0.4, 0.5) is 0 Å². The molecule has 0 amide bonds. The summed E-state index contributed by atoms with van der Waals surface area (Å²) in [6, 6.07) is 2.23. The van der Waals surface area contributed by atoms with Crippen molar-refractivity contribution in [2.24, 2.45) is 5.92 Å². The summed E-state index contributed by atoms with van der Waals surface area (Å²) in [6.07, 6.45) is 4.60. The van der Waals surface area contributed by atoms with Crippen LogP contribution in [0.2, 0.25) is 0 Å². The molecule has 1 aliphatic rings. The molecule has 15 heavy (non-hydrogen) atoms. The average molecular weight is 223 g/mol. The number of nitriles is 1. The van der Waals surface area contributed by atoms with Gasteiger partial charge in [-0.05, 0) is 39.0 Å². The molecule has 0 saturated heterocycles. The van der Waals surface area contributed by atoms with E-state index in [2.05, 4.69) is 26.8 Å². The van der Waals surface area contributed by atoms with E-state index in [0.717, 1.165) is 11.7 Å². The van der Waals surface area contributed by atoms with E-state index < -0.39 is 0 Å². The Kier molecular flexibility index (Phi) is 5.25. The van der Waals surface area contributed by atoms with Gasteiger partial charge in [-0.3, -0.25) is 0 Å². The van der Waals surface area contributed by atoms with E-state index in [1.807, 2.05) is 11.8 Å². The first-order chi connectivity index (χ1) is 7.15. The lowest BCUT2D eigenvalue weighted by Crippen LogP contribution is -2.19. The van der Waals surface area contributed by atoms with Gasteiger partial charge in [0.1, 0.15) is 0 Å². The van der Waals surface area contributed by atoms with Gasteiger partial charge in [0.15, 0.2) is 0 Å². The molecule has 2 unspecified atom stereocenters. The highest BCUT2D eigenvalue weighted by atomic mass is 32.2. The van der Waals surface area contributed by atoms with Gasteiger partial charge in [0, 0.05) is 17.4 Å². The summed E-state index contributed by atoms with van der Waals surface area (Å²) in [4.78, 5) is 0. The molecule has 0 heterocycles. The van der Waals surface area contributed by atoms with Crippen molar-refractivity contribution in [3.8, 4) is 6.07 Å². The fourth-order valence-electron chi connectivity index (χ4n) is 2.18. The fraction of sp³-hybridized carbons (Fsp3) is 0.769. The molecule has 2 atom stereocenters. The van der Waals surface area contributed by atoms with E-state index in [-0.39, 0.29) is 0 Å². The third-order valence-corrected chi connectivity index (χ3v) is 4.41. The Balaban J connectivity index is 2.56. The van der Waals surface area contributed by atoms with Gasteiger partial charge in [0.2, 0.25) is 0 Å². The minimum atomic E-state index is 0.686. The van der Waals surface area contributed by atoms with Crippen LogP contribution in [0.3, 0.4) is 0 Å². The second-order valence-corrected chi connectivity index (χ2v) is 5.98. The zero-order valence-corrected chi connectivity index (χ0v) is 10.9. The van der Waals surface area contributed by atoms with E-state index in [9.17, 15) is 0 Å². The van der Waals surface area contributed by atoms with Crippen molar-refractivity contribution in [3.63, 3.8) is 0 Å². The maximum atomic E-state index is 8.55. The first kappa shape index (κ1) is 12.6. The van der Waals surface area contributed by atoms with Crippen molar-refractivity contribution in [1.29, 1.82) is 5.26 Å². The van der Waals surface area contributed by atoms with Gasteiger partial charge in [0.25, 0.3) is 0 Å². The highest BCUT2D eigenvalue weighted by Gasteiger charge is 2.24. The van der Waals surface area contributed by atoms with Crippen molar-refractivity contribution in [2.75, 3.05) is 5.75 Å². The molecule has 0 aliphatic heterocycles. The Morgan fingerprint density at radius 3 is 2.87 bits per heavy atom. The summed E-state index contributed by atoms with van der Waals surface area (Å²) in [7, 11) is 0. The summed E-state index contributed by atoms with van der Waals surface area (Å²) in [5.41, 5.74) is 3.15. The molecule has 0 aromatic rings. The van der Waals surface area contributed by atoms with Crippen LogP contribution >= 0.6 is 11.8 Å². The second kappa shape index (κ2) is 6.23. The summed E-state index contributed by atoms with van der Waals surface area (Å²) in [5, 5.41) is 9.23. The van der Waals surface area contributed by atoms with E-state index in [4.69, 9.17) is 5.26 Å². The van der Waals surface area contributed by atoms with Gasteiger partial charge in [0.05, 0.1) is 6.07 Å². The largest absolute Gasteiger partial charge is 0.198 e. The Labute approximate surface area is 97.9 Å². The third-order valence-electron chi connectivity index (χ3n) is 3.09. The maximum Gasteiger partial charge on any atom is 0.0630 e. The smallest absolute Gasteiger partial charge is 0.0630 e. The van der Waals surface area contributed by atoms with Crippen LogP contribution in [0.5, 0.6) is 0 Å². The fourth-order valence-corrected chi connectivity index (χ4v) is 3.69. The summed E-state index contributed by atoms with van der Waals surface area (Å²) < 4.78 is 0. The lowest BCUT2D eigenvalue weighted by molar-refractivity contribution is 0.448. The molecule has 0 spiro atoms. The van der Waals surface area contributed by atoms with Gasteiger partial charge >= 0.3 is 0 Å². The van der Waals surface area contributed by atoms with Crippen molar-refractivity contribution in [1.82, 2.24) is 0 Å². The van der Waals surface area contributed by atoms with Crippen LogP contribution in [0.15, 0.2) is 11.1 Å². The predicted octanol–water partition coefficient (Wildman–Crippen LogP) is 4.16. The third kappa shape index (κ3) is 3.91. The van der Waals surface area contributed by atoms with Gasteiger partial charge in [-0.25, -0.2) is 0 Å². The van der Waals surface area contributed by atoms with Crippen molar-refractivity contribution >= 4 is 11.8 Å². The molecule has 1 aliphatic carbocycles. The zero-order valence-electron chi connectivity index (χ0n) is 10.0. The molecule has 84 valence electrons. The molecule has 0 aromatic carbocycles. The number of hydrogen-bond donors (Lipinski definition) is 0. The monoisotopic (exact) mass is 223 g/mol. The molecule has 0 bridgehead atoms. The molecule has 1 nitrogen and oxygen atoms in total. The van der Waals surface area contributed by atoms with Crippen LogP contribution in [0.1, 0.15) is 46.5 Å². The minimum absolute atomic E-state index is 0.686. The van der Waals surface area contributed by atoms with Gasteiger partial charge in [-0.15, -0.1) is 0 Å². The van der Waals surface area contributed by atoms with E-state index in [1.165, 1.54) is 24.8 Å². The Bertz CT molecular complexity index is 271. The standard InChI is InChI=1S/C13H21NS/c1-10(2)12-6-5-11(3)9-13(12)15-8-4-7-14/h11,13H,4-6,8-9H2,1-3H3. The molecule has 1 saturated carbocycles. The van der Waals surface area contributed by atoms with Crippen LogP contribution < -0.4 is 0 Å². The first-order valence-corrected chi connectivity index (χ1v) is 6.84. The Morgan fingerprint density at radius 1 is 1.53 bits per heavy atom.